The van der Waals surface area contributed by atoms with Crippen LogP contribution in [0.15, 0.2) is 30.4 Å². The Hall–Kier alpha value is -1.62. The van der Waals surface area contributed by atoms with Crippen LogP contribution >= 0.6 is 11.8 Å². The van der Waals surface area contributed by atoms with Gasteiger partial charge in [0.2, 0.25) is 0 Å². The molecule has 0 bridgehead atoms. The molecule has 0 fully saturated rings. The van der Waals surface area contributed by atoms with Gasteiger partial charge in [0.25, 0.3) is 0 Å². The topological polar surface area (TPSA) is 61.5 Å². The highest BCUT2D eigenvalue weighted by Gasteiger charge is 2.49. The molecule has 0 saturated carbocycles. The first-order chi connectivity index (χ1) is 14.0. The van der Waals surface area contributed by atoms with Gasteiger partial charge in [0.15, 0.2) is 11.5 Å². The number of unbranched alkanes of at least 4 members (excludes halogenated alkanes) is 2. The SMILES string of the molecule is CC=CC(CCC)SC1c2cccc(OC(N)=O)c2OC1(CCCC)CCCC. The Morgan fingerprint density at radius 3 is 2.48 bits per heavy atom. The lowest BCUT2D eigenvalue weighted by Crippen LogP contribution is -2.37. The normalized spacial score (nSPS) is 18.4. The first kappa shape index (κ1) is 23.7. The number of hydrogen-bond donors (Lipinski definition) is 1. The zero-order chi connectivity index (χ0) is 21.3. The monoisotopic (exact) mass is 419 g/mol. The van der Waals surface area contributed by atoms with Gasteiger partial charge in [-0.05, 0) is 45.1 Å². The summed E-state index contributed by atoms with van der Waals surface area (Å²) in [5, 5.41) is 0.646. The number of fused-ring (bicyclic) bond motifs is 1. The second-order valence-corrected chi connectivity index (χ2v) is 9.19. The Labute approximate surface area is 180 Å². The summed E-state index contributed by atoms with van der Waals surface area (Å²) < 4.78 is 12.0. The quantitative estimate of drug-likeness (QED) is 0.365. The van der Waals surface area contributed by atoms with Crippen LogP contribution in [0.25, 0.3) is 0 Å². The largest absolute Gasteiger partial charge is 0.482 e. The fraction of sp³-hybridized carbons (Fsp3) is 0.625. The van der Waals surface area contributed by atoms with E-state index >= 15 is 0 Å². The van der Waals surface area contributed by atoms with Crippen molar-refractivity contribution in [1.29, 1.82) is 0 Å². The average Bonchev–Trinajstić information content (AvgIpc) is 3.00. The Balaban J connectivity index is 2.49. The van der Waals surface area contributed by atoms with E-state index in [1.54, 1.807) is 6.07 Å². The van der Waals surface area contributed by atoms with Crippen molar-refractivity contribution in [3.05, 3.63) is 35.9 Å². The van der Waals surface area contributed by atoms with Gasteiger partial charge in [-0.25, -0.2) is 4.79 Å². The summed E-state index contributed by atoms with van der Waals surface area (Å²) in [6.45, 7) is 8.76. The van der Waals surface area contributed by atoms with E-state index in [2.05, 4.69) is 45.9 Å². The van der Waals surface area contributed by atoms with Crippen LogP contribution in [0, 0.1) is 0 Å². The third-order valence-electron chi connectivity index (χ3n) is 5.48. The molecule has 1 aliphatic heterocycles. The van der Waals surface area contributed by atoms with Crippen LogP contribution in [0.3, 0.4) is 0 Å². The summed E-state index contributed by atoms with van der Waals surface area (Å²) in [6.07, 6.45) is 12.4. The van der Waals surface area contributed by atoms with Crippen molar-refractivity contribution >= 4 is 17.9 Å². The molecule has 2 rings (SSSR count). The summed E-state index contributed by atoms with van der Waals surface area (Å²) in [5.74, 6) is 1.14. The molecule has 1 aliphatic rings. The lowest BCUT2D eigenvalue weighted by Gasteiger charge is -2.36. The Morgan fingerprint density at radius 1 is 1.24 bits per heavy atom. The Morgan fingerprint density at radius 2 is 1.93 bits per heavy atom. The Bertz CT molecular complexity index is 681. The molecule has 0 saturated heterocycles. The predicted molar refractivity (Wildman–Crippen MR) is 123 cm³/mol. The molecular formula is C24H37NO3S. The van der Waals surface area contributed by atoms with Crippen LogP contribution in [-0.4, -0.2) is 16.9 Å². The van der Waals surface area contributed by atoms with E-state index in [1.807, 2.05) is 17.8 Å². The highest BCUT2D eigenvalue weighted by Crippen LogP contribution is 2.58. The van der Waals surface area contributed by atoms with Gasteiger partial charge in [0.05, 0.1) is 5.25 Å². The summed E-state index contributed by atoms with van der Waals surface area (Å²) >= 11 is 2.00. The van der Waals surface area contributed by atoms with E-state index < -0.39 is 6.09 Å². The highest BCUT2D eigenvalue weighted by atomic mass is 32.2. The fourth-order valence-electron chi connectivity index (χ4n) is 4.10. The van der Waals surface area contributed by atoms with Crippen LogP contribution < -0.4 is 15.2 Å². The lowest BCUT2D eigenvalue weighted by atomic mass is 9.86. The molecule has 162 valence electrons. The minimum absolute atomic E-state index is 0.208. The number of benzene rings is 1. The van der Waals surface area contributed by atoms with Gasteiger partial charge < -0.3 is 15.2 Å². The van der Waals surface area contributed by atoms with Crippen molar-refractivity contribution in [2.75, 3.05) is 0 Å². The molecule has 1 aromatic carbocycles. The zero-order valence-electron chi connectivity index (χ0n) is 18.4. The second kappa shape index (κ2) is 11.5. The summed E-state index contributed by atoms with van der Waals surface area (Å²) in [7, 11) is 0. The molecule has 1 heterocycles. The van der Waals surface area contributed by atoms with Crippen LogP contribution in [0.1, 0.15) is 89.9 Å². The first-order valence-corrected chi connectivity index (χ1v) is 12.0. The molecular weight excluding hydrogens is 382 g/mol. The van der Waals surface area contributed by atoms with Crippen LogP contribution in [0.2, 0.25) is 0 Å². The maximum atomic E-state index is 11.4. The number of carbonyl (C=O) groups is 1. The van der Waals surface area contributed by atoms with Gasteiger partial charge in [-0.3, -0.25) is 0 Å². The molecule has 2 N–H and O–H groups in total. The van der Waals surface area contributed by atoms with Gasteiger partial charge in [-0.15, -0.1) is 11.8 Å². The van der Waals surface area contributed by atoms with E-state index in [4.69, 9.17) is 15.2 Å². The molecule has 0 spiro atoms. The number of amides is 1. The van der Waals surface area contributed by atoms with E-state index in [9.17, 15) is 4.79 Å². The first-order valence-electron chi connectivity index (χ1n) is 11.1. The van der Waals surface area contributed by atoms with Crippen molar-refractivity contribution in [1.82, 2.24) is 0 Å². The molecule has 4 nitrogen and oxygen atoms in total. The van der Waals surface area contributed by atoms with Gasteiger partial charge in [-0.1, -0.05) is 64.3 Å². The van der Waals surface area contributed by atoms with Crippen molar-refractivity contribution in [2.45, 2.75) is 95.2 Å². The number of thioether (sulfide) groups is 1. The van der Waals surface area contributed by atoms with Crippen LogP contribution in [0.4, 0.5) is 4.79 Å². The third kappa shape index (κ3) is 5.94. The molecule has 0 aromatic heterocycles. The maximum absolute atomic E-state index is 11.4. The van der Waals surface area contributed by atoms with Gasteiger partial charge >= 0.3 is 6.09 Å². The summed E-state index contributed by atoms with van der Waals surface area (Å²) in [6, 6.07) is 5.84. The minimum atomic E-state index is -0.802. The maximum Gasteiger partial charge on any atom is 0.410 e. The summed E-state index contributed by atoms with van der Waals surface area (Å²) in [5.41, 5.74) is 6.17. The number of nitrogens with two attached hydrogens (primary N) is 1. The molecule has 0 aliphatic carbocycles. The molecule has 1 amide bonds. The van der Waals surface area contributed by atoms with Gasteiger partial charge in [0, 0.05) is 10.8 Å². The molecule has 1 aromatic rings. The molecule has 2 unspecified atom stereocenters. The van der Waals surface area contributed by atoms with Gasteiger partial charge in [-0.2, -0.15) is 0 Å². The Kier molecular flexibility index (Phi) is 9.41. The highest BCUT2D eigenvalue weighted by molar-refractivity contribution is 8.00. The number of hydrogen-bond acceptors (Lipinski definition) is 4. The number of rotatable bonds is 12. The molecule has 2 atom stereocenters. The number of para-hydroxylation sites is 1. The fourth-order valence-corrected chi connectivity index (χ4v) is 5.93. The van der Waals surface area contributed by atoms with Crippen molar-refractivity contribution in [2.24, 2.45) is 5.73 Å². The van der Waals surface area contributed by atoms with E-state index in [-0.39, 0.29) is 10.9 Å². The number of primary amides is 1. The van der Waals surface area contributed by atoms with Crippen LogP contribution in [-0.2, 0) is 0 Å². The minimum Gasteiger partial charge on any atom is -0.482 e. The number of allylic oxidation sites excluding steroid dienone is 1. The van der Waals surface area contributed by atoms with Crippen molar-refractivity contribution in [3.8, 4) is 11.5 Å². The molecule has 5 heteroatoms. The van der Waals surface area contributed by atoms with Crippen LogP contribution in [0.5, 0.6) is 11.5 Å². The third-order valence-corrected chi connectivity index (χ3v) is 7.18. The lowest BCUT2D eigenvalue weighted by molar-refractivity contribution is 0.0645. The molecule has 29 heavy (non-hydrogen) atoms. The van der Waals surface area contributed by atoms with E-state index in [0.29, 0.717) is 16.7 Å². The zero-order valence-corrected chi connectivity index (χ0v) is 19.2. The number of carbonyl (C=O) groups excluding carboxylic acids is 1. The van der Waals surface area contributed by atoms with E-state index in [1.165, 1.54) is 0 Å². The predicted octanol–water partition coefficient (Wildman–Crippen LogP) is 7.17. The summed E-state index contributed by atoms with van der Waals surface area (Å²) in [4.78, 5) is 11.4. The van der Waals surface area contributed by atoms with Crippen molar-refractivity contribution < 1.29 is 14.3 Å². The standard InChI is InChI=1S/C24H37NO3S/c1-5-9-16-24(17-10-6-2)22(29-18(12-7-3)13-8-4)19-14-11-15-20(21(19)28-24)27-23(25)26/h7,11-12,14-15,18,22H,5-6,8-10,13,16-17H2,1-4H3,(H2,25,26). The van der Waals surface area contributed by atoms with Crippen molar-refractivity contribution in [3.63, 3.8) is 0 Å². The molecule has 0 radical (unpaired) electrons. The second-order valence-electron chi connectivity index (χ2n) is 7.84. The van der Waals surface area contributed by atoms with E-state index in [0.717, 1.165) is 56.9 Å². The number of ether oxygens (including phenoxy) is 2. The average molecular weight is 420 g/mol. The smallest absolute Gasteiger partial charge is 0.410 e. The van der Waals surface area contributed by atoms with Gasteiger partial charge in [0.1, 0.15) is 5.60 Å².